The van der Waals surface area contributed by atoms with Crippen molar-refractivity contribution in [2.75, 3.05) is 11.1 Å². The number of nitrogens with zero attached hydrogens (tertiary/aromatic N) is 2. The van der Waals surface area contributed by atoms with Gasteiger partial charge in [0.2, 0.25) is 0 Å². The summed E-state index contributed by atoms with van der Waals surface area (Å²) < 4.78 is 15.2. The number of benzene rings is 1. The Morgan fingerprint density at radius 1 is 1.47 bits per heavy atom. The highest BCUT2D eigenvalue weighted by atomic mass is 79.9. The quantitative estimate of drug-likeness (QED) is 0.890. The molecule has 0 spiro atoms. The molecule has 1 aromatic heterocycles. The van der Waals surface area contributed by atoms with Gasteiger partial charge < -0.3 is 11.1 Å². The average Bonchev–Trinajstić information content (AvgIpc) is 2.54. The standard InChI is InChI=1S/C12H12BrFN4O/c1-6-10(15)11(18(2)17-6)16-12(19)7-3-8(13)5-9(14)4-7/h3-5H,15H2,1-2H3,(H,16,19). The van der Waals surface area contributed by atoms with Crippen LogP contribution in [-0.4, -0.2) is 15.7 Å². The van der Waals surface area contributed by atoms with E-state index in [0.29, 0.717) is 21.7 Å². The molecule has 0 atom stereocenters. The van der Waals surface area contributed by atoms with Crippen LogP contribution in [-0.2, 0) is 7.05 Å². The molecule has 0 radical (unpaired) electrons. The summed E-state index contributed by atoms with van der Waals surface area (Å²) in [6.07, 6.45) is 0. The van der Waals surface area contributed by atoms with Gasteiger partial charge in [0.25, 0.3) is 5.91 Å². The van der Waals surface area contributed by atoms with Crippen molar-refractivity contribution in [2.24, 2.45) is 7.05 Å². The molecule has 0 aliphatic carbocycles. The zero-order valence-electron chi connectivity index (χ0n) is 10.4. The van der Waals surface area contributed by atoms with Crippen molar-refractivity contribution in [3.05, 3.63) is 39.7 Å². The second kappa shape index (κ2) is 5.00. The maximum atomic E-state index is 13.2. The van der Waals surface area contributed by atoms with Gasteiger partial charge in [-0.15, -0.1) is 0 Å². The van der Waals surface area contributed by atoms with Crippen LogP contribution in [0.1, 0.15) is 16.1 Å². The van der Waals surface area contributed by atoms with Crippen molar-refractivity contribution in [3.63, 3.8) is 0 Å². The lowest BCUT2D eigenvalue weighted by molar-refractivity contribution is 0.102. The highest BCUT2D eigenvalue weighted by Gasteiger charge is 2.15. The minimum Gasteiger partial charge on any atom is -0.394 e. The van der Waals surface area contributed by atoms with Gasteiger partial charge in [-0.1, -0.05) is 15.9 Å². The average molecular weight is 327 g/mol. The molecule has 0 saturated carbocycles. The van der Waals surface area contributed by atoms with Crippen LogP contribution >= 0.6 is 15.9 Å². The van der Waals surface area contributed by atoms with Crippen LogP contribution in [0, 0.1) is 12.7 Å². The van der Waals surface area contributed by atoms with Gasteiger partial charge in [0, 0.05) is 17.1 Å². The fourth-order valence-corrected chi connectivity index (χ4v) is 2.15. The SMILES string of the molecule is Cc1nn(C)c(NC(=O)c2cc(F)cc(Br)c2)c1N. The summed E-state index contributed by atoms with van der Waals surface area (Å²) in [5, 5.41) is 6.71. The Labute approximate surface area is 117 Å². The molecule has 2 aromatic rings. The maximum absolute atomic E-state index is 13.2. The van der Waals surface area contributed by atoms with Gasteiger partial charge in [-0.2, -0.15) is 5.10 Å². The van der Waals surface area contributed by atoms with E-state index in [1.54, 1.807) is 14.0 Å². The van der Waals surface area contributed by atoms with Gasteiger partial charge in [0.1, 0.15) is 5.82 Å². The van der Waals surface area contributed by atoms with E-state index in [1.165, 1.54) is 16.8 Å². The van der Waals surface area contributed by atoms with Crippen molar-refractivity contribution in [1.29, 1.82) is 0 Å². The summed E-state index contributed by atoms with van der Waals surface area (Å²) in [7, 11) is 1.67. The first-order chi connectivity index (χ1) is 8.88. The summed E-state index contributed by atoms with van der Waals surface area (Å²) in [4.78, 5) is 12.0. The second-order valence-corrected chi connectivity index (χ2v) is 5.00. The topological polar surface area (TPSA) is 72.9 Å². The van der Waals surface area contributed by atoms with E-state index in [4.69, 9.17) is 5.73 Å². The number of amides is 1. The maximum Gasteiger partial charge on any atom is 0.257 e. The molecule has 100 valence electrons. The summed E-state index contributed by atoms with van der Waals surface area (Å²) in [6.45, 7) is 1.74. The van der Waals surface area contributed by atoms with E-state index in [1.807, 2.05) is 0 Å². The Bertz CT molecular complexity index is 633. The minimum absolute atomic E-state index is 0.199. The first-order valence-corrected chi connectivity index (χ1v) is 6.24. The number of nitrogen functional groups attached to an aromatic ring is 1. The molecule has 0 saturated heterocycles. The number of hydrogen-bond donors (Lipinski definition) is 2. The lowest BCUT2D eigenvalue weighted by atomic mass is 10.2. The van der Waals surface area contributed by atoms with Crippen LogP contribution in [0.5, 0.6) is 0 Å². The van der Waals surface area contributed by atoms with Gasteiger partial charge in [0.15, 0.2) is 5.82 Å². The highest BCUT2D eigenvalue weighted by molar-refractivity contribution is 9.10. The van der Waals surface area contributed by atoms with E-state index in [2.05, 4.69) is 26.3 Å². The van der Waals surface area contributed by atoms with Crippen molar-refractivity contribution in [2.45, 2.75) is 6.92 Å². The molecular weight excluding hydrogens is 315 g/mol. The summed E-state index contributed by atoms with van der Waals surface area (Å²) in [6, 6.07) is 3.96. The molecule has 1 aromatic carbocycles. The molecule has 1 amide bonds. The Hall–Kier alpha value is -1.89. The summed E-state index contributed by atoms with van der Waals surface area (Å²) >= 11 is 3.14. The van der Waals surface area contributed by atoms with Crippen molar-refractivity contribution in [1.82, 2.24) is 9.78 Å². The van der Waals surface area contributed by atoms with E-state index in [-0.39, 0.29) is 5.56 Å². The molecule has 5 nitrogen and oxygen atoms in total. The lowest BCUT2D eigenvalue weighted by Crippen LogP contribution is -2.15. The number of nitrogens with two attached hydrogens (primary N) is 1. The molecule has 19 heavy (non-hydrogen) atoms. The van der Waals surface area contributed by atoms with Crippen molar-refractivity contribution in [3.8, 4) is 0 Å². The number of halogens is 2. The number of carbonyl (C=O) groups is 1. The van der Waals surface area contributed by atoms with Crippen LogP contribution in [0.2, 0.25) is 0 Å². The fourth-order valence-electron chi connectivity index (χ4n) is 1.69. The Morgan fingerprint density at radius 2 is 2.16 bits per heavy atom. The first-order valence-electron chi connectivity index (χ1n) is 5.45. The zero-order valence-corrected chi connectivity index (χ0v) is 12.0. The Balaban J connectivity index is 2.30. The van der Waals surface area contributed by atoms with Crippen LogP contribution in [0.25, 0.3) is 0 Å². The van der Waals surface area contributed by atoms with E-state index >= 15 is 0 Å². The first kappa shape index (κ1) is 13.5. The number of aryl methyl sites for hydroxylation is 2. The van der Waals surface area contributed by atoms with Crippen LogP contribution < -0.4 is 11.1 Å². The van der Waals surface area contributed by atoms with E-state index < -0.39 is 11.7 Å². The Morgan fingerprint density at radius 3 is 2.68 bits per heavy atom. The summed E-state index contributed by atoms with van der Waals surface area (Å²) in [5.41, 5.74) is 7.03. The third-order valence-corrected chi connectivity index (χ3v) is 3.08. The third-order valence-electron chi connectivity index (χ3n) is 2.63. The number of anilines is 2. The number of nitrogens with one attached hydrogen (secondary N) is 1. The number of aromatic nitrogens is 2. The zero-order chi connectivity index (χ0) is 14.2. The largest absolute Gasteiger partial charge is 0.394 e. The second-order valence-electron chi connectivity index (χ2n) is 4.08. The monoisotopic (exact) mass is 326 g/mol. The molecule has 1 heterocycles. The normalized spacial score (nSPS) is 10.5. The van der Waals surface area contributed by atoms with Gasteiger partial charge in [0.05, 0.1) is 11.4 Å². The molecule has 0 aliphatic heterocycles. The van der Waals surface area contributed by atoms with Gasteiger partial charge >= 0.3 is 0 Å². The number of hydrogen-bond acceptors (Lipinski definition) is 3. The van der Waals surface area contributed by atoms with Gasteiger partial charge in [-0.05, 0) is 25.1 Å². The van der Waals surface area contributed by atoms with Crippen LogP contribution in [0.3, 0.4) is 0 Å². The molecule has 0 aliphatic rings. The van der Waals surface area contributed by atoms with E-state index in [9.17, 15) is 9.18 Å². The summed E-state index contributed by atoms with van der Waals surface area (Å²) in [5.74, 6) is -0.550. The van der Waals surface area contributed by atoms with E-state index in [0.717, 1.165) is 6.07 Å². The smallest absolute Gasteiger partial charge is 0.257 e. The number of rotatable bonds is 2. The minimum atomic E-state index is -0.492. The Kier molecular flexibility index (Phi) is 3.57. The van der Waals surface area contributed by atoms with Crippen molar-refractivity contribution < 1.29 is 9.18 Å². The van der Waals surface area contributed by atoms with Crippen LogP contribution in [0.15, 0.2) is 22.7 Å². The predicted molar refractivity (Wildman–Crippen MR) is 74.4 cm³/mol. The molecule has 0 unspecified atom stereocenters. The van der Waals surface area contributed by atoms with Crippen molar-refractivity contribution >= 4 is 33.3 Å². The molecule has 3 N–H and O–H groups in total. The molecule has 7 heteroatoms. The fraction of sp³-hybridized carbons (Fsp3) is 0.167. The molecule has 0 fully saturated rings. The number of carbonyl (C=O) groups excluding carboxylic acids is 1. The van der Waals surface area contributed by atoms with Crippen LogP contribution in [0.4, 0.5) is 15.9 Å². The highest BCUT2D eigenvalue weighted by Crippen LogP contribution is 2.22. The lowest BCUT2D eigenvalue weighted by Gasteiger charge is -2.07. The molecule has 2 rings (SSSR count). The van der Waals surface area contributed by atoms with Gasteiger partial charge in [-0.3, -0.25) is 9.48 Å². The predicted octanol–water partition coefficient (Wildman–Crippen LogP) is 2.46. The molecular formula is C12H12BrFN4O. The van der Waals surface area contributed by atoms with Gasteiger partial charge in [-0.25, -0.2) is 4.39 Å². The third kappa shape index (κ3) is 2.76. The molecule has 0 bridgehead atoms.